The number of benzene rings is 1. The van der Waals surface area contributed by atoms with Crippen molar-refractivity contribution in [3.63, 3.8) is 0 Å². The predicted molar refractivity (Wildman–Crippen MR) is 93.3 cm³/mol. The quantitative estimate of drug-likeness (QED) is 0.891. The molecule has 0 fully saturated rings. The molecule has 134 valence electrons. The number of rotatable bonds is 5. The highest BCUT2D eigenvalue weighted by Crippen LogP contribution is 2.27. The SMILES string of the molecule is COc1ccc([C@@H](O)CN2CCc3ncnc(N(C)C)c3C2)cc1F. The molecule has 0 saturated carbocycles. The monoisotopic (exact) mass is 346 g/mol. The molecule has 0 bridgehead atoms. The van der Waals surface area contributed by atoms with Gasteiger partial charge in [-0.1, -0.05) is 6.07 Å². The van der Waals surface area contributed by atoms with E-state index in [1.54, 1.807) is 12.4 Å². The lowest BCUT2D eigenvalue weighted by Crippen LogP contribution is -2.35. The standard InChI is InChI=1S/C18H23FN4O2/c1-22(2)18-13-9-23(7-6-15(13)20-11-21-18)10-16(24)12-4-5-17(25-3)14(19)8-12/h4-5,8,11,16,24H,6-7,9-10H2,1-3H3/t16-/m0/s1. The van der Waals surface area contributed by atoms with E-state index in [0.29, 0.717) is 18.7 Å². The fraction of sp³-hybridized carbons (Fsp3) is 0.444. The molecular formula is C18H23FN4O2. The second-order valence-electron chi connectivity index (χ2n) is 6.41. The van der Waals surface area contributed by atoms with Crippen molar-refractivity contribution >= 4 is 5.82 Å². The number of fused-ring (bicyclic) bond motifs is 1. The van der Waals surface area contributed by atoms with Crippen molar-refractivity contribution in [2.75, 3.05) is 39.2 Å². The molecule has 0 amide bonds. The van der Waals surface area contributed by atoms with Crippen LogP contribution in [0.3, 0.4) is 0 Å². The Hall–Kier alpha value is -2.25. The van der Waals surface area contributed by atoms with E-state index in [1.807, 2.05) is 19.0 Å². The van der Waals surface area contributed by atoms with Crippen LogP contribution in [0.1, 0.15) is 22.9 Å². The third-order valence-corrected chi connectivity index (χ3v) is 4.47. The van der Waals surface area contributed by atoms with Gasteiger partial charge in [0.05, 0.1) is 18.9 Å². The lowest BCUT2D eigenvalue weighted by molar-refractivity contribution is 0.105. The lowest BCUT2D eigenvalue weighted by atomic mass is 10.0. The summed E-state index contributed by atoms with van der Waals surface area (Å²) in [5, 5.41) is 10.5. The zero-order chi connectivity index (χ0) is 18.0. The smallest absolute Gasteiger partial charge is 0.165 e. The van der Waals surface area contributed by atoms with Crippen molar-refractivity contribution in [3.05, 3.63) is 47.2 Å². The van der Waals surface area contributed by atoms with E-state index in [9.17, 15) is 9.50 Å². The van der Waals surface area contributed by atoms with E-state index < -0.39 is 11.9 Å². The van der Waals surface area contributed by atoms with Crippen molar-refractivity contribution in [3.8, 4) is 5.75 Å². The molecule has 3 rings (SSSR count). The first-order valence-electron chi connectivity index (χ1n) is 8.23. The van der Waals surface area contributed by atoms with E-state index >= 15 is 0 Å². The molecule has 2 heterocycles. The molecule has 7 heteroatoms. The van der Waals surface area contributed by atoms with Crippen LogP contribution in [0.4, 0.5) is 10.2 Å². The summed E-state index contributed by atoms with van der Waals surface area (Å²) in [7, 11) is 5.33. The van der Waals surface area contributed by atoms with Gasteiger partial charge in [0.1, 0.15) is 12.1 Å². The van der Waals surface area contributed by atoms with Crippen molar-refractivity contribution in [1.82, 2.24) is 14.9 Å². The average molecular weight is 346 g/mol. The largest absolute Gasteiger partial charge is 0.494 e. The number of halogens is 1. The van der Waals surface area contributed by atoms with Gasteiger partial charge in [0.15, 0.2) is 11.6 Å². The first-order valence-corrected chi connectivity index (χ1v) is 8.23. The highest BCUT2D eigenvalue weighted by Gasteiger charge is 2.24. The van der Waals surface area contributed by atoms with Gasteiger partial charge in [-0.3, -0.25) is 4.90 Å². The van der Waals surface area contributed by atoms with Gasteiger partial charge in [-0.05, 0) is 17.7 Å². The Balaban J connectivity index is 1.73. The predicted octanol–water partition coefficient (Wildman–Crippen LogP) is 1.78. The van der Waals surface area contributed by atoms with Crippen LogP contribution in [-0.2, 0) is 13.0 Å². The van der Waals surface area contributed by atoms with Crippen LogP contribution < -0.4 is 9.64 Å². The second-order valence-corrected chi connectivity index (χ2v) is 6.41. The van der Waals surface area contributed by atoms with Gasteiger partial charge in [-0.25, -0.2) is 14.4 Å². The molecule has 1 atom stereocenters. The Morgan fingerprint density at radius 2 is 2.16 bits per heavy atom. The van der Waals surface area contributed by atoms with Gasteiger partial charge < -0.3 is 14.7 Å². The number of β-amino-alcohol motifs (C(OH)–C–C–N with tert-alkyl or cyclic N) is 1. The lowest BCUT2D eigenvalue weighted by Gasteiger charge is -2.31. The molecule has 0 unspecified atom stereocenters. The van der Waals surface area contributed by atoms with Crippen LogP contribution in [0.15, 0.2) is 24.5 Å². The van der Waals surface area contributed by atoms with Gasteiger partial charge in [0.2, 0.25) is 0 Å². The molecule has 1 aliphatic rings. The zero-order valence-corrected chi connectivity index (χ0v) is 14.7. The van der Waals surface area contributed by atoms with Crippen LogP contribution >= 0.6 is 0 Å². The number of aromatic nitrogens is 2. The topological polar surface area (TPSA) is 61.7 Å². The van der Waals surface area contributed by atoms with Gasteiger partial charge >= 0.3 is 0 Å². The number of aliphatic hydroxyl groups is 1. The maximum atomic E-state index is 13.9. The van der Waals surface area contributed by atoms with Crippen molar-refractivity contribution in [1.29, 1.82) is 0 Å². The van der Waals surface area contributed by atoms with Crippen LogP contribution in [0.2, 0.25) is 0 Å². The van der Waals surface area contributed by atoms with E-state index in [4.69, 9.17) is 4.74 Å². The molecule has 1 N–H and O–H groups in total. The summed E-state index contributed by atoms with van der Waals surface area (Å²) >= 11 is 0. The number of hydrogen-bond donors (Lipinski definition) is 1. The summed E-state index contributed by atoms with van der Waals surface area (Å²) in [6.07, 6.45) is 1.63. The fourth-order valence-electron chi connectivity index (χ4n) is 3.16. The van der Waals surface area contributed by atoms with Gasteiger partial charge in [0.25, 0.3) is 0 Å². The number of aliphatic hydroxyl groups excluding tert-OH is 1. The van der Waals surface area contributed by atoms with Gasteiger partial charge in [-0.15, -0.1) is 0 Å². The second kappa shape index (κ2) is 7.33. The van der Waals surface area contributed by atoms with Crippen LogP contribution in [0, 0.1) is 5.82 Å². The normalized spacial score (nSPS) is 15.6. The van der Waals surface area contributed by atoms with Crippen molar-refractivity contribution in [2.24, 2.45) is 0 Å². The minimum atomic E-state index is -0.769. The Bertz CT molecular complexity index is 754. The number of nitrogens with zero attached hydrogens (tertiary/aromatic N) is 4. The average Bonchev–Trinajstić information content (AvgIpc) is 2.60. The molecule has 0 aliphatic carbocycles. The molecule has 25 heavy (non-hydrogen) atoms. The Labute approximate surface area is 146 Å². The maximum Gasteiger partial charge on any atom is 0.165 e. The number of methoxy groups -OCH3 is 1. The molecular weight excluding hydrogens is 323 g/mol. The van der Waals surface area contributed by atoms with E-state index in [1.165, 1.54) is 19.2 Å². The van der Waals surface area contributed by atoms with Crippen LogP contribution in [0.25, 0.3) is 0 Å². The highest BCUT2D eigenvalue weighted by atomic mass is 19.1. The van der Waals surface area contributed by atoms with E-state index in [2.05, 4.69) is 14.9 Å². The molecule has 0 saturated heterocycles. The summed E-state index contributed by atoms with van der Waals surface area (Å²) in [4.78, 5) is 12.8. The molecule has 6 nitrogen and oxygen atoms in total. The summed E-state index contributed by atoms with van der Waals surface area (Å²) in [6, 6.07) is 4.56. The minimum absolute atomic E-state index is 0.177. The van der Waals surface area contributed by atoms with E-state index in [-0.39, 0.29) is 5.75 Å². The van der Waals surface area contributed by atoms with E-state index in [0.717, 1.165) is 30.0 Å². The molecule has 1 aromatic heterocycles. The van der Waals surface area contributed by atoms with Crippen LogP contribution in [-0.4, -0.2) is 54.3 Å². The Kier molecular flexibility index (Phi) is 5.15. The summed E-state index contributed by atoms with van der Waals surface area (Å²) < 4.78 is 18.8. The van der Waals surface area contributed by atoms with Crippen molar-refractivity contribution < 1.29 is 14.2 Å². The zero-order valence-electron chi connectivity index (χ0n) is 14.7. The Morgan fingerprint density at radius 1 is 1.36 bits per heavy atom. The molecule has 0 radical (unpaired) electrons. The molecule has 1 aliphatic heterocycles. The first kappa shape index (κ1) is 17.6. The maximum absolute atomic E-state index is 13.9. The summed E-state index contributed by atoms with van der Waals surface area (Å²) in [6.45, 7) is 1.89. The number of hydrogen-bond acceptors (Lipinski definition) is 6. The van der Waals surface area contributed by atoms with Gasteiger partial charge in [-0.2, -0.15) is 0 Å². The minimum Gasteiger partial charge on any atom is -0.494 e. The first-order chi connectivity index (χ1) is 12.0. The number of ether oxygens (including phenoxy) is 1. The molecule has 0 spiro atoms. The Morgan fingerprint density at radius 3 is 2.84 bits per heavy atom. The molecule has 2 aromatic rings. The third-order valence-electron chi connectivity index (χ3n) is 4.47. The fourth-order valence-corrected chi connectivity index (χ4v) is 3.16. The van der Waals surface area contributed by atoms with Gasteiger partial charge in [0, 0.05) is 45.7 Å². The highest BCUT2D eigenvalue weighted by molar-refractivity contribution is 5.48. The third kappa shape index (κ3) is 3.72. The molecule has 1 aromatic carbocycles. The number of anilines is 1. The summed E-state index contributed by atoms with van der Waals surface area (Å²) in [5.74, 6) is 0.613. The van der Waals surface area contributed by atoms with Crippen LogP contribution in [0.5, 0.6) is 5.75 Å². The van der Waals surface area contributed by atoms with Crippen molar-refractivity contribution in [2.45, 2.75) is 19.1 Å². The summed E-state index contributed by atoms with van der Waals surface area (Å²) in [5.41, 5.74) is 2.69.